The number of hydrogen-bond donors (Lipinski definition) is 1. The lowest BCUT2D eigenvalue weighted by atomic mass is 10.0. The number of rotatable bonds is 4. The second-order valence-corrected chi connectivity index (χ2v) is 4.18. The van der Waals surface area contributed by atoms with Gasteiger partial charge in [-0.15, -0.1) is 0 Å². The van der Waals surface area contributed by atoms with Gasteiger partial charge in [-0.05, 0) is 61.4 Å². The van der Waals surface area contributed by atoms with Crippen LogP contribution in [0.3, 0.4) is 0 Å². The van der Waals surface area contributed by atoms with E-state index in [1.165, 1.54) is 36.0 Å². The van der Waals surface area contributed by atoms with Gasteiger partial charge in [0.05, 0.1) is 7.11 Å². The van der Waals surface area contributed by atoms with Gasteiger partial charge >= 0.3 is 0 Å². The lowest BCUT2D eigenvalue weighted by molar-refractivity contribution is 0.408. The third-order valence-corrected chi connectivity index (χ3v) is 3.15. The summed E-state index contributed by atoms with van der Waals surface area (Å²) in [7, 11) is 1.75. The Hall–Kier alpha value is -1.02. The van der Waals surface area contributed by atoms with Crippen LogP contribution in [0.25, 0.3) is 0 Å². The fourth-order valence-electron chi connectivity index (χ4n) is 2.33. The maximum Gasteiger partial charge on any atom is 0.122 e. The minimum atomic E-state index is 0.750. The molecule has 0 aromatic heterocycles. The van der Waals surface area contributed by atoms with Crippen LogP contribution in [0.15, 0.2) is 12.1 Å². The Kier molecular flexibility index (Phi) is 3.27. The lowest BCUT2D eigenvalue weighted by Gasteiger charge is -2.11. The predicted octanol–water partition coefficient (Wildman–Crippen LogP) is 2.08. The van der Waals surface area contributed by atoms with E-state index in [1.807, 2.05) is 0 Å². The number of ether oxygens (including phenoxy) is 1. The van der Waals surface area contributed by atoms with Crippen molar-refractivity contribution in [2.24, 2.45) is 5.73 Å². The standard InChI is InChI=1S/C13H19NO/c1-15-13-9-11-5-2-4-10(11)8-12(13)6-3-7-14/h8-9H,2-7,14H2,1H3. The summed E-state index contributed by atoms with van der Waals surface area (Å²) in [6.45, 7) is 0.750. The highest BCUT2D eigenvalue weighted by Crippen LogP contribution is 2.30. The van der Waals surface area contributed by atoms with Crippen molar-refractivity contribution in [2.75, 3.05) is 13.7 Å². The smallest absolute Gasteiger partial charge is 0.122 e. The van der Waals surface area contributed by atoms with Crippen molar-refractivity contribution >= 4 is 0 Å². The molecule has 0 unspecified atom stereocenters. The second-order valence-electron chi connectivity index (χ2n) is 4.18. The topological polar surface area (TPSA) is 35.2 Å². The van der Waals surface area contributed by atoms with Crippen LogP contribution in [0.2, 0.25) is 0 Å². The van der Waals surface area contributed by atoms with Gasteiger partial charge in [0.2, 0.25) is 0 Å². The Labute approximate surface area is 91.4 Å². The van der Waals surface area contributed by atoms with Crippen molar-refractivity contribution in [1.82, 2.24) is 0 Å². The molecule has 0 heterocycles. The zero-order valence-electron chi connectivity index (χ0n) is 9.38. The van der Waals surface area contributed by atoms with Crippen molar-refractivity contribution in [2.45, 2.75) is 32.1 Å². The first-order chi connectivity index (χ1) is 7.35. The van der Waals surface area contributed by atoms with E-state index < -0.39 is 0 Å². The summed E-state index contributed by atoms with van der Waals surface area (Å²) in [6.07, 6.45) is 5.80. The summed E-state index contributed by atoms with van der Waals surface area (Å²) >= 11 is 0. The first kappa shape index (κ1) is 10.5. The Morgan fingerprint density at radius 1 is 1.27 bits per heavy atom. The molecule has 0 bridgehead atoms. The van der Waals surface area contributed by atoms with Gasteiger partial charge in [-0.2, -0.15) is 0 Å². The third kappa shape index (κ3) is 2.15. The zero-order valence-corrected chi connectivity index (χ0v) is 9.38. The SMILES string of the molecule is COc1cc2c(cc1CCCN)CCC2. The maximum absolute atomic E-state index is 5.54. The molecule has 2 nitrogen and oxygen atoms in total. The van der Waals surface area contributed by atoms with E-state index in [0.717, 1.165) is 25.1 Å². The summed E-state index contributed by atoms with van der Waals surface area (Å²) in [5.74, 6) is 1.05. The first-order valence-corrected chi connectivity index (χ1v) is 5.74. The Morgan fingerprint density at radius 2 is 2.00 bits per heavy atom. The van der Waals surface area contributed by atoms with Crippen LogP contribution in [-0.4, -0.2) is 13.7 Å². The minimum absolute atomic E-state index is 0.750. The van der Waals surface area contributed by atoms with Crippen LogP contribution in [0.5, 0.6) is 5.75 Å². The summed E-state index contributed by atoms with van der Waals surface area (Å²) < 4.78 is 5.43. The Balaban J connectivity index is 2.27. The van der Waals surface area contributed by atoms with Crippen LogP contribution < -0.4 is 10.5 Å². The third-order valence-electron chi connectivity index (χ3n) is 3.15. The molecule has 2 N–H and O–H groups in total. The van der Waals surface area contributed by atoms with Crippen LogP contribution >= 0.6 is 0 Å². The van der Waals surface area contributed by atoms with Crippen molar-refractivity contribution in [3.05, 3.63) is 28.8 Å². The molecule has 15 heavy (non-hydrogen) atoms. The fourth-order valence-corrected chi connectivity index (χ4v) is 2.33. The molecule has 1 aliphatic carbocycles. The van der Waals surface area contributed by atoms with E-state index in [2.05, 4.69) is 12.1 Å². The van der Waals surface area contributed by atoms with E-state index in [-0.39, 0.29) is 0 Å². The van der Waals surface area contributed by atoms with Gasteiger partial charge in [-0.3, -0.25) is 0 Å². The number of hydrogen-bond acceptors (Lipinski definition) is 2. The van der Waals surface area contributed by atoms with Gasteiger partial charge < -0.3 is 10.5 Å². The summed E-state index contributed by atoms with van der Waals surface area (Å²) in [4.78, 5) is 0. The molecular formula is C13H19NO. The van der Waals surface area contributed by atoms with Crippen molar-refractivity contribution in [3.63, 3.8) is 0 Å². The molecule has 0 aliphatic heterocycles. The monoisotopic (exact) mass is 205 g/mol. The Morgan fingerprint density at radius 3 is 2.67 bits per heavy atom. The summed E-state index contributed by atoms with van der Waals surface area (Å²) in [6, 6.07) is 4.53. The number of benzene rings is 1. The van der Waals surface area contributed by atoms with E-state index in [1.54, 1.807) is 7.11 Å². The van der Waals surface area contributed by atoms with Gasteiger partial charge in [0.1, 0.15) is 5.75 Å². The lowest BCUT2D eigenvalue weighted by Crippen LogP contribution is -2.02. The highest BCUT2D eigenvalue weighted by atomic mass is 16.5. The van der Waals surface area contributed by atoms with Gasteiger partial charge in [0, 0.05) is 0 Å². The molecule has 1 aromatic rings. The highest BCUT2D eigenvalue weighted by molar-refractivity contribution is 5.44. The van der Waals surface area contributed by atoms with Crippen molar-refractivity contribution < 1.29 is 4.74 Å². The first-order valence-electron chi connectivity index (χ1n) is 5.74. The van der Waals surface area contributed by atoms with E-state index in [9.17, 15) is 0 Å². The molecule has 2 heteroatoms. The number of nitrogens with two attached hydrogens (primary N) is 1. The summed E-state index contributed by atoms with van der Waals surface area (Å²) in [5.41, 5.74) is 9.85. The summed E-state index contributed by atoms with van der Waals surface area (Å²) in [5, 5.41) is 0. The molecular weight excluding hydrogens is 186 g/mol. The molecule has 0 atom stereocenters. The van der Waals surface area contributed by atoms with Crippen molar-refractivity contribution in [3.8, 4) is 5.75 Å². The van der Waals surface area contributed by atoms with Crippen LogP contribution in [0.4, 0.5) is 0 Å². The minimum Gasteiger partial charge on any atom is -0.496 e. The quantitative estimate of drug-likeness (QED) is 0.816. The molecule has 0 amide bonds. The Bertz CT molecular complexity index is 347. The number of aryl methyl sites for hydroxylation is 3. The molecule has 1 aromatic carbocycles. The number of fused-ring (bicyclic) bond motifs is 1. The average Bonchev–Trinajstić information content (AvgIpc) is 2.71. The zero-order chi connectivity index (χ0) is 10.7. The fraction of sp³-hybridized carbons (Fsp3) is 0.538. The van der Waals surface area contributed by atoms with E-state index in [4.69, 9.17) is 10.5 Å². The van der Waals surface area contributed by atoms with E-state index >= 15 is 0 Å². The molecule has 1 aliphatic rings. The predicted molar refractivity (Wildman–Crippen MR) is 62.4 cm³/mol. The normalized spacial score (nSPS) is 14.0. The van der Waals surface area contributed by atoms with Gasteiger partial charge in [-0.25, -0.2) is 0 Å². The van der Waals surface area contributed by atoms with Crippen LogP contribution in [0, 0.1) is 0 Å². The average molecular weight is 205 g/mol. The maximum atomic E-state index is 5.54. The second kappa shape index (κ2) is 4.67. The molecule has 82 valence electrons. The molecule has 0 saturated heterocycles. The van der Waals surface area contributed by atoms with E-state index in [0.29, 0.717) is 0 Å². The van der Waals surface area contributed by atoms with Gasteiger partial charge in [0.25, 0.3) is 0 Å². The number of methoxy groups -OCH3 is 1. The molecule has 0 radical (unpaired) electrons. The highest BCUT2D eigenvalue weighted by Gasteiger charge is 2.14. The molecule has 0 fully saturated rings. The van der Waals surface area contributed by atoms with Crippen LogP contribution in [-0.2, 0) is 19.3 Å². The molecule has 2 rings (SSSR count). The van der Waals surface area contributed by atoms with Crippen molar-refractivity contribution in [1.29, 1.82) is 0 Å². The molecule has 0 spiro atoms. The van der Waals surface area contributed by atoms with Gasteiger partial charge in [-0.1, -0.05) is 6.07 Å². The largest absolute Gasteiger partial charge is 0.496 e. The molecule has 0 saturated carbocycles. The van der Waals surface area contributed by atoms with Crippen LogP contribution in [0.1, 0.15) is 29.5 Å². The van der Waals surface area contributed by atoms with Gasteiger partial charge in [0.15, 0.2) is 0 Å².